The summed E-state index contributed by atoms with van der Waals surface area (Å²) in [5, 5.41) is 3.00. The number of ether oxygens (including phenoxy) is 1. The molecule has 0 spiro atoms. The van der Waals surface area contributed by atoms with E-state index >= 15 is 0 Å². The van der Waals surface area contributed by atoms with Crippen molar-refractivity contribution >= 4 is 31.9 Å². The highest BCUT2D eigenvalue weighted by Crippen LogP contribution is 2.32. The molecule has 2 aromatic rings. The van der Waals surface area contributed by atoms with Gasteiger partial charge in [-0.1, -0.05) is 31.9 Å². The van der Waals surface area contributed by atoms with E-state index in [2.05, 4.69) is 37.2 Å². The molecule has 0 aliphatic heterocycles. The molecule has 0 radical (unpaired) electrons. The Hall–Kier alpha value is -0.980. The van der Waals surface area contributed by atoms with Gasteiger partial charge in [-0.2, -0.15) is 4.39 Å². The highest BCUT2D eigenvalue weighted by atomic mass is 79.9. The van der Waals surface area contributed by atoms with Gasteiger partial charge in [0, 0.05) is 21.1 Å². The van der Waals surface area contributed by atoms with Crippen LogP contribution >= 0.6 is 31.9 Å². The van der Waals surface area contributed by atoms with Crippen LogP contribution in [-0.4, -0.2) is 7.05 Å². The van der Waals surface area contributed by atoms with Crippen LogP contribution in [0.2, 0.25) is 0 Å². The van der Waals surface area contributed by atoms with Crippen LogP contribution in [0, 0.1) is 11.6 Å². The van der Waals surface area contributed by atoms with Crippen LogP contribution in [0.15, 0.2) is 39.3 Å². The van der Waals surface area contributed by atoms with E-state index in [1.807, 2.05) is 6.07 Å². The van der Waals surface area contributed by atoms with E-state index < -0.39 is 11.6 Å². The summed E-state index contributed by atoms with van der Waals surface area (Å²) in [6, 6.07) is 7.79. The van der Waals surface area contributed by atoms with Crippen molar-refractivity contribution in [1.82, 2.24) is 5.32 Å². The maximum absolute atomic E-state index is 13.7. The number of halogens is 4. The Balaban J connectivity index is 2.39. The molecule has 20 heavy (non-hydrogen) atoms. The Bertz CT molecular complexity index is 635. The third-order valence-corrected chi connectivity index (χ3v) is 3.52. The molecule has 0 saturated heterocycles. The Morgan fingerprint density at radius 3 is 2.50 bits per heavy atom. The molecule has 0 aliphatic rings. The molecule has 6 heteroatoms. The second-order valence-corrected chi connectivity index (χ2v) is 5.92. The fraction of sp³-hybridized carbons (Fsp3) is 0.143. The maximum atomic E-state index is 13.7. The molecule has 0 fully saturated rings. The monoisotopic (exact) mass is 405 g/mol. The first-order valence-corrected chi connectivity index (χ1v) is 7.35. The molecule has 1 N–H and O–H groups in total. The van der Waals surface area contributed by atoms with Gasteiger partial charge in [-0.3, -0.25) is 0 Å². The summed E-state index contributed by atoms with van der Waals surface area (Å²) >= 11 is 6.48. The van der Waals surface area contributed by atoms with Crippen molar-refractivity contribution in [2.45, 2.75) is 6.54 Å². The first kappa shape index (κ1) is 15.4. The normalized spacial score (nSPS) is 10.7. The lowest BCUT2D eigenvalue weighted by Crippen LogP contribution is -2.06. The van der Waals surface area contributed by atoms with Crippen LogP contribution in [0.1, 0.15) is 5.56 Å². The van der Waals surface area contributed by atoms with Crippen LogP contribution < -0.4 is 10.1 Å². The minimum absolute atomic E-state index is 0.156. The molecule has 0 bridgehead atoms. The van der Waals surface area contributed by atoms with E-state index in [1.165, 1.54) is 6.07 Å². The van der Waals surface area contributed by atoms with Gasteiger partial charge in [-0.15, -0.1) is 0 Å². The summed E-state index contributed by atoms with van der Waals surface area (Å²) in [5.74, 6) is -1.65. The van der Waals surface area contributed by atoms with Crippen molar-refractivity contribution in [1.29, 1.82) is 0 Å². The molecular formula is C14H11Br2F2NO. The highest BCUT2D eigenvalue weighted by molar-refractivity contribution is 9.10. The van der Waals surface area contributed by atoms with Crippen LogP contribution in [-0.2, 0) is 6.54 Å². The summed E-state index contributed by atoms with van der Waals surface area (Å²) in [5.41, 5.74) is 0.835. The standard InChI is InChI=1S/C14H11Br2F2NO/c1-19-7-8-4-9(15)2-3-12(8)20-13-6-10(16)5-11(17)14(13)18/h2-6,19H,7H2,1H3. The van der Waals surface area contributed by atoms with Crippen molar-refractivity contribution in [2.24, 2.45) is 0 Å². The Morgan fingerprint density at radius 1 is 1.05 bits per heavy atom. The van der Waals surface area contributed by atoms with E-state index in [0.29, 0.717) is 16.8 Å². The maximum Gasteiger partial charge on any atom is 0.201 e. The van der Waals surface area contributed by atoms with E-state index in [9.17, 15) is 8.78 Å². The molecule has 0 heterocycles. The Labute approximate surface area is 132 Å². The quantitative estimate of drug-likeness (QED) is 0.721. The molecule has 0 atom stereocenters. The Kier molecular flexibility index (Phi) is 5.12. The van der Waals surface area contributed by atoms with Crippen LogP contribution in [0.5, 0.6) is 11.5 Å². The molecule has 2 rings (SSSR count). The van der Waals surface area contributed by atoms with Crippen molar-refractivity contribution in [3.63, 3.8) is 0 Å². The fourth-order valence-corrected chi connectivity index (χ4v) is 2.52. The number of hydrogen-bond acceptors (Lipinski definition) is 2. The van der Waals surface area contributed by atoms with E-state index in [0.717, 1.165) is 16.1 Å². The van der Waals surface area contributed by atoms with E-state index in [-0.39, 0.29) is 5.75 Å². The van der Waals surface area contributed by atoms with Gasteiger partial charge < -0.3 is 10.1 Å². The van der Waals surface area contributed by atoms with Gasteiger partial charge >= 0.3 is 0 Å². The lowest BCUT2D eigenvalue weighted by Gasteiger charge is -2.12. The average Bonchev–Trinajstić information content (AvgIpc) is 2.38. The fourth-order valence-electron chi connectivity index (χ4n) is 1.70. The zero-order chi connectivity index (χ0) is 14.7. The van der Waals surface area contributed by atoms with E-state index in [4.69, 9.17) is 4.74 Å². The lowest BCUT2D eigenvalue weighted by molar-refractivity contribution is 0.411. The Morgan fingerprint density at radius 2 is 1.80 bits per heavy atom. The molecule has 2 aromatic carbocycles. The van der Waals surface area contributed by atoms with Gasteiger partial charge in [0.05, 0.1) is 0 Å². The number of benzene rings is 2. The zero-order valence-electron chi connectivity index (χ0n) is 10.5. The number of rotatable bonds is 4. The molecule has 0 aromatic heterocycles. The zero-order valence-corrected chi connectivity index (χ0v) is 13.7. The van der Waals surface area contributed by atoms with E-state index in [1.54, 1.807) is 19.2 Å². The summed E-state index contributed by atoms with van der Waals surface area (Å²) in [7, 11) is 1.80. The van der Waals surface area contributed by atoms with Crippen molar-refractivity contribution in [2.75, 3.05) is 7.05 Å². The topological polar surface area (TPSA) is 21.3 Å². The molecule has 0 aliphatic carbocycles. The second kappa shape index (κ2) is 6.65. The number of nitrogens with one attached hydrogen (secondary N) is 1. The molecule has 106 valence electrons. The smallest absolute Gasteiger partial charge is 0.201 e. The summed E-state index contributed by atoms with van der Waals surface area (Å²) in [6.45, 7) is 0.548. The first-order chi connectivity index (χ1) is 9.51. The lowest BCUT2D eigenvalue weighted by atomic mass is 10.2. The van der Waals surface area contributed by atoms with Crippen LogP contribution in [0.3, 0.4) is 0 Å². The molecule has 2 nitrogen and oxygen atoms in total. The predicted octanol–water partition coefficient (Wildman–Crippen LogP) is 5.00. The summed E-state index contributed by atoms with van der Waals surface area (Å²) in [6.07, 6.45) is 0. The largest absolute Gasteiger partial charge is 0.454 e. The SMILES string of the molecule is CNCc1cc(Br)ccc1Oc1cc(Br)cc(F)c1F. The van der Waals surface area contributed by atoms with Crippen LogP contribution in [0.25, 0.3) is 0 Å². The minimum Gasteiger partial charge on any atom is -0.454 e. The highest BCUT2D eigenvalue weighted by Gasteiger charge is 2.14. The molecule has 0 amide bonds. The van der Waals surface area contributed by atoms with Gasteiger partial charge in [-0.25, -0.2) is 4.39 Å². The molecular weight excluding hydrogens is 396 g/mol. The van der Waals surface area contributed by atoms with Crippen LogP contribution in [0.4, 0.5) is 8.78 Å². The third kappa shape index (κ3) is 3.56. The van der Waals surface area contributed by atoms with Crippen molar-refractivity contribution in [3.8, 4) is 11.5 Å². The van der Waals surface area contributed by atoms with Gasteiger partial charge in [-0.05, 0) is 37.4 Å². The van der Waals surface area contributed by atoms with Gasteiger partial charge in [0.2, 0.25) is 5.82 Å². The minimum atomic E-state index is -1.01. The first-order valence-electron chi connectivity index (χ1n) is 5.76. The molecule has 0 saturated carbocycles. The summed E-state index contributed by atoms with van der Waals surface area (Å²) < 4.78 is 33.9. The van der Waals surface area contributed by atoms with Crippen molar-refractivity contribution in [3.05, 3.63) is 56.5 Å². The predicted molar refractivity (Wildman–Crippen MR) is 81.0 cm³/mol. The van der Waals surface area contributed by atoms with Crippen molar-refractivity contribution < 1.29 is 13.5 Å². The third-order valence-electron chi connectivity index (χ3n) is 2.57. The van der Waals surface area contributed by atoms with Gasteiger partial charge in [0.25, 0.3) is 0 Å². The number of hydrogen-bond donors (Lipinski definition) is 1. The average molecular weight is 407 g/mol. The molecule has 0 unspecified atom stereocenters. The van der Waals surface area contributed by atoms with Gasteiger partial charge in [0.15, 0.2) is 11.6 Å². The second-order valence-electron chi connectivity index (χ2n) is 4.08. The van der Waals surface area contributed by atoms with Gasteiger partial charge in [0.1, 0.15) is 5.75 Å². The summed E-state index contributed by atoms with van der Waals surface area (Å²) in [4.78, 5) is 0.